The molecule has 2 aliphatic rings. The van der Waals surface area contributed by atoms with Crippen LogP contribution in [0.3, 0.4) is 0 Å². The lowest BCUT2D eigenvalue weighted by Crippen LogP contribution is -2.40. The molecule has 0 amide bonds. The number of nitrogens with one attached hydrogen (secondary N) is 2. The predicted molar refractivity (Wildman–Crippen MR) is 120 cm³/mol. The van der Waals surface area contributed by atoms with E-state index in [4.69, 9.17) is 9.73 Å². The number of morpholine rings is 1. The van der Waals surface area contributed by atoms with Crippen LogP contribution in [0, 0.1) is 0 Å². The van der Waals surface area contributed by atoms with E-state index >= 15 is 0 Å². The lowest BCUT2D eigenvalue weighted by Gasteiger charge is -2.27. The second-order valence-corrected chi connectivity index (χ2v) is 8.04. The molecule has 6 nitrogen and oxygen atoms in total. The monoisotopic (exact) mass is 401 g/mol. The van der Waals surface area contributed by atoms with Crippen molar-refractivity contribution in [1.82, 2.24) is 20.4 Å². The van der Waals surface area contributed by atoms with Crippen molar-refractivity contribution in [3.05, 3.63) is 35.4 Å². The maximum Gasteiger partial charge on any atom is 0.191 e. The zero-order chi connectivity index (χ0) is 20.2. The lowest BCUT2D eigenvalue weighted by atomic mass is 10.1. The Bertz CT molecular complexity index is 609. The molecular formula is C23H39N5O. The van der Waals surface area contributed by atoms with Gasteiger partial charge in [-0.15, -0.1) is 0 Å². The van der Waals surface area contributed by atoms with E-state index in [1.54, 1.807) is 0 Å². The highest BCUT2D eigenvalue weighted by atomic mass is 16.5. The van der Waals surface area contributed by atoms with Crippen LogP contribution in [0.25, 0.3) is 0 Å². The Morgan fingerprint density at radius 2 is 1.72 bits per heavy atom. The van der Waals surface area contributed by atoms with Crippen LogP contribution in [-0.2, 0) is 17.8 Å². The zero-order valence-electron chi connectivity index (χ0n) is 18.2. The average Bonchev–Trinajstić information content (AvgIpc) is 2.77. The largest absolute Gasteiger partial charge is 0.379 e. The molecular weight excluding hydrogens is 362 g/mol. The molecule has 6 heteroatoms. The molecule has 0 aliphatic carbocycles. The second kappa shape index (κ2) is 12.8. The molecule has 0 saturated carbocycles. The summed E-state index contributed by atoms with van der Waals surface area (Å²) in [7, 11) is 0. The number of guanidine groups is 1. The number of aliphatic imine (C=N–C) groups is 1. The highest BCUT2D eigenvalue weighted by molar-refractivity contribution is 5.79. The van der Waals surface area contributed by atoms with E-state index in [2.05, 4.69) is 51.6 Å². The minimum Gasteiger partial charge on any atom is -0.379 e. The van der Waals surface area contributed by atoms with E-state index in [0.29, 0.717) is 0 Å². The quantitative estimate of drug-likeness (QED) is 0.378. The van der Waals surface area contributed by atoms with Gasteiger partial charge in [0.05, 0.1) is 19.8 Å². The molecule has 0 spiro atoms. The predicted octanol–water partition coefficient (Wildman–Crippen LogP) is 2.45. The fourth-order valence-electron chi connectivity index (χ4n) is 4.06. The van der Waals surface area contributed by atoms with Gasteiger partial charge < -0.3 is 15.4 Å². The molecule has 0 unspecified atom stereocenters. The fraction of sp³-hybridized carbons (Fsp3) is 0.696. The summed E-state index contributed by atoms with van der Waals surface area (Å²) in [5, 5.41) is 6.89. The molecule has 29 heavy (non-hydrogen) atoms. The molecule has 0 bridgehead atoms. The Morgan fingerprint density at radius 1 is 0.966 bits per heavy atom. The molecule has 2 heterocycles. The molecule has 162 valence electrons. The van der Waals surface area contributed by atoms with E-state index in [0.717, 1.165) is 71.4 Å². The van der Waals surface area contributed by atoms with Gasteiger partial charge in [-0.05, 0) is 56.9 Å². The van der Waals surface area contributed by atoms with Crippen LogP contribution in [0.15, 0.2) is 29.3 Å². The zero-order valence-corrected chi connectivity index (χ0v) is 18.2. The highest BCUT2D eigenvalue weighted by Crippen LogP contribution is 2.16. The first-order chi connectivity index (χ1) is 14.3. The minimum atomic E-state index is 0.725. The SMILES string of the molecule is CCNC(=NCc1ccccc1CN1CCCCC1)NCCCN1CCOCC1. The van der Waals surface area contributed by atoms with Crippen molar-refractivity contribution in [2.75, 3.05) is 59.0 Å². The normalized spacial score (nSPS) is 19.3. The number of nitrogens with zero attached hydrogens (tertiary/aromatic N) is 3. The Balaban J connectivity index is 1.48. The van der Waals surface area contributed by atoms with Crippen LogP contribution in [0.2, 0.25) is 0 Å². The summed E-state index contributed by atoms with van der Waals surface area (Å²) in [6.45, 7) is 13.1. The van der Waals surface area contributed by atoms with Gasteiger partial charge in [0.1, 0.15) is 0 Å². The third-order valence-corrected chi connectivity index (χ3v) is 5.76. The van der Waals surface area contributed by atoms with Crippen LogP contribution in [0.5, 0.6) is 0 Å². The Hall–Kier alpha value is -1.63. The number of rotatable bonds is 9. The fourth-order valence-corrected chi connectivity index (χ4v) is 4.06. The van der Waals surface area contributed by atoms with E-state index in [1.807, 2.05) is 0 Å². The van der Waals surface area contributed by atoms with E-state index in [9.17, 15) is 0 Å². The number of hydrogen-bond acceptors (Lipinski definition) is 4. The number of benzene rings is 1. The number of ether oxygens (including phenoxy) is 1. The van der Waals surface area contributed by atoms with Crippen LogP contribution in [0.1, 0.15) is 43.7 Å². The Morgan fingerprint density at radius 3 is 2.48 bits per heavy atom. The number of piperidine rings is 1. The molecule has 2 aliphatic heterocycles. The molecule has 0 radical (unpaired) electrons. The van der Waals surface area contributed by atoms with Crippen molar-refractivity contribution in [2.24, 2.45) is 4.99 Å². The van der Waals surface area contributed by atoms with Crippen molar-refractivity contribution in [2.45, 2.75) is 45.7 Å². The van der Waals surface area contributed by atoms with Crippen LogP contribution >= 0.6 is 0 Å². The van der Waals surface area contributed by atoms with Crippen molar-refractivity contribution in [1.29, 1.82) is 0 Å². The number of likely N-dealkylation sites (tertiary alicyclic amines) is 1. The summed E-state index contributed by atoms with van der Waals surface area (Å²) < 4.78 is 5.42. The minimum absolute atomic E-state index is 0.725. The van der Waals surface area contributed by atoms with Gasteiger partial charge in [0, 0.05) is 32.7 Å². The van der Waals surface area contributed by atoms with Crippen LogP contribution in [-0.4, -0.2) is 74.8 Å². The van der Waals surface area contributed by atoms with Crippen molar-refractivity contribution in [3.8, 4) is 0 Å². The van der Waals surface area contributed by atoms with Crippen molar-refractivity contribution < 1.29 is 4.74 Å². The van der Waals surface area contributed by atoms with Gasteiger partial charge in [-0.25, -0.2) is 4.99 Å². The Kier molecular flexibility index (Phi) is 9.76. The van der Waals surface area contributed by atoms with Gasteiger partial charge in [-0.1, -0.05) is 30.7 Å². The average molecular weight is 402 g/mol. The summed E-state index contributed by atoms with van der Waals surface area (Å²) in [5.41, 5.74) is 2.75. The molecule has 0 atom stereocenters. The van der Waals surface area contributed by atoms with Crippen LogP contribution < -0.4 is 10.6 Å². The topological polar surface area (TPSA) is 52.1 Å². The van der Waals surface area contributed by atoms with Gasteiger partial charge in [0.15, 0.2) is 5.96 Å². The molecule has 3 rings (SSSR count). The van der Waals surface area contributed by atoms with Crippen LogP contribution in [0.4, 0.5) is 0 Å². The lowest BCUT2D eigenvalue weighted by molar-refractivity contribution is 0.0376. The molecule has 2 fully saturated rings. The molecule has 2 saturated heterocycles. The standard InChI is InChI=1S/C23H39N5O/c1-2-24-23(25-11-8-14-27-15-17-29-18-16-27)26-19-21-9-4-5-10-22(21)20-28-12-6-3-7-13-28/h4-5,9-10H,2-3,6-8,11-20H2,1H3,(H2,24,25,26). The first-order valence-electron chi connectivity index (χ1n) is 11.5. The van der Waals surface area contributed by atoms with E-state index < -0.39 is 0 Å². The highest BCUT2D eigenvalue weighted by Gasteiger charge is 2.12. The Labute approximate surface area is 176 Å². The maximum atomic E-state index is 5.42. The third kappa shape index (κ3) is 7.96. The molecule has 1 aromatic carbocycles. The summed E-state index contributed by atoms with van der Waals surface area (Å²) in [6, 6.07) is 8.78. The second-order valence-electron chi connectivity index (χ2n) is 8.04. The molecule has 0 aromatic heterocycles. The van der Waals surface area contributed by atoms with E-state index in [1.165, 1.54) is 43.5 Å². The number of hydrogen-bond donors (Lipinski definition) is 2. The van der Waals surface area contributed by atoms with Gasteiger partial charge >= 0.3 is 0 Å². The van der Waals surface area contributed by atoms with E-state index in [-0.39, 0.29) is 0 Å². The van der Waals surface area contributed by atoms with Gasteiger partial charge in [-0.2, -0.15) is 0 Å². The summed E-state index contributed by atoms with van der Waals surface area (Å²) in [4.78, 5) is 9.93. The molecule has 2 N–H and O–H groups in total. The van der Waals surface area contributed by atoms with Crippen molar-refractivity contribution >= 4 is 5.96 Å². The van der Waals surface area contributed by atoms with Crippen molar-refractivity contribution in [3.63, 3.8) is 0 Å². The smallest absolute Gasteiger partial charge is 0.191 e. The third-order valence-electron chi connectivity index (χ3n) is 5.76. The first-order valence-corrected chi connectivity index (χ1v) is 11.5. The van der Waals surface area contributed by atoms with Gasteiger partial charge in [0.25, 0.3) is 0 Å². The maximum absolute atomic E-state index is 5.42. The van der Waals surface area contributed by atoms with Gasteiger partial charge in [-0.3, -0.25) is 9.80 Å². The summed E-state index contributed by atoms with van der Waals surface area (Å²) in [6.07, 6.45) is 5.17. The summed E-state index contributed by atoms with van der Waals surface area (Å²) >= 11 is 0. The first kappa shape index (κ1) is 22.1. The molecule has 1 aromatic rings. The summed E-state index contributed by atoms with van der Waals surface area (Å²) in [5.74, 6) is 0.919. The van der Waals surface area contributed by atoms with Gasteiger partial charge in [0.2, 0.25) is 0 Å².